The van der Waals surface area contributed by atoms with Gasteiger partial charge >= 0.3 is 0 Å². The van der Waals surface area contributed by atoms with Gasteiger partial charge in [-0.05, 0) is 38.0 Å². The molecule has 2 aromatic carbocycles. The number of nitrogens with zero attached hydrogens (tertiary/aromatic N) is 1. The van der Waals surface area contributed by atoms with Gasteiger partial charge in [-0.1, -0.05) is 30.3 Å². The number of hydrogen-bond acceptors (Lipinski definition) is 4. The molecule has 1 aliphatic heterocycles. The highest BCUT2D eigenvalue weighted by atomic mass is 16.5. The third-order valence-corrected chi connectivity index (χ3v) is 4.46. The average Bonchev–Trinajstić information content (AvgIpc) is 2.62. The van der Waals surface area contributed by atoms with Crippen molar-refractivity contribution in [1.82, 2.24) is 5.32 Å². The van der Waals surface area contributed by atoms with Gasteiger partial charge in [0, 0.05) is 37.4 Å². The molecule has 2 aromatic rings. The Morgan fingerprint density at radius 2 is 1.92 bits per heavy atom. The predicted octanol–water partition coefficient (Wildman–Crippen LogP) is 3.50. The number of rotatable bonds is 6. The first-order chi connectivity index (χ1) is 12.2. The fraction of sp³-hybridized carbons (Fsp3) is 0.429. The van der Waals surface area contributed by atoms with Gasteiger partial charge in [0.15, 0.2) is 11.5 Å². The van der Waals surface area contributed by atoms with Crippen LogP contribution in [0.5, 0.6) is 11.5 Å². The summed E-state index contributed by atoms with van der Waals surface area (Å²) >= 11 is 0. The van der Waals surface area contributed by atoms with E-state index in [4.69, 9.17) is 9.47 Å². The minimum absolute atomic E-state index is 0.123. The number of ether oxygens (including phenoxy) is 2. The van der Waals surface area contributed by atoms with Gasteiger partial charge in [-0.2, -0.15) is 0 Å². The lowest BCUT2D eigenvalue weighted by Gasteiger charge is -2.35. The molecular formula is C21H28N2O2. The van der Waals surface area contributed by atoms with Crippen LogP contribution in [0.1, 0.15) is 19.4 Å². The van der Waals surface area contributed by atoms with Crippen molar-refractivity contribution >= 4 is 5.69 Å². The molecule has 1 fully saturated rings. The van der Waals surface area contributed by atoms with E-state index < -0.39 is 0 Å². The van der Waals surface area contributed by atoms with Gasteiger partial charge in [-0.15, -0.1) is 0 Å². The van der Waals surface area contributed by atoms with E-state index in [1.165, 1.54) is 11.3 Å². The largest absolute Gasteiger partial charge is 0.493 e. The molecule has 1 atom stereocenters. The maximum atomic E-state index is 5.92. The second-order valence-electron chi connectivity index (χ2n) is 6.79. The molecule has 25 heavy (non-hydrogen) atoms. The summed E-state index contributed by atoms with van der Waals surface area (Å²) in [6, 6.07) is 17.3. The van der Waals surface area contributed by atoms with Gasteiger partial charge in [-0.25, -0.2) is 0 Å². The smallest absolute Gasteiger partial charge is 0.163 e. The standard InChI is InChI=1S/C21H28N2O2/c1-16(2)25-21-14-19(9-10-20(21)24-3)23-12-11-22-18(15-23)13-17-7-5-4-6-8-17/h4-10,14,16,18,22H,11-13,15H2,1-3H3/t18-/m0/s1. The molecule has 1 heterocycles. The van der Waals surface area contributed by atoms with Crippen LogP contribution in [0.4, 0.5) is 5.69 Å². The van der Waals surface area contributed by atoms with Crippen molar-refractivity contribution in [2.24, 2.45) is 0 Å². The quantitative estimate of drug-likeness (QED) is 0.873. The van der Waals surface area contributed by atoms with E-state index in [9.17, 15) is 0 Å². The van der Waals surface area contributed by atoms with E-state index in [0.717, 1.165) is 37.6 Å². The van der Waals surface area contributed by atoms with E-state index in [1.54, 1.807) is 7.11 Å². The summed E-state index contributed by atoms with van der Waals surface area (Å²) in [6.07, 6.45) is 1.17. The molecule has 1 aliphatic rings. The van der Waals surface area contributed by atoms with Crippen LogP contribution in [-0.2, 0) is 6.42 Å². The highest BCUT2D eigenvalue weighted by Crippen LogP contribution is 2.33. The van der Waals surface area contributed by atoms with Gasteiger partial charge in [0.2, 0.25) is 0 Å². The summed E-state index contributed by atoms with van der Waals surface area (Å²) in [5, 5.41) is 3.64. The van der Waals surface area contributed by atoms with E-state index in [-0.39, 0.29) is 6.10 Å². The van der Waals surface area contributed by atoms with Crippen molar-refractivity contribution in [3.8, 4) is 11.5 Å². The number of nitrogens with one attached hydrogen (secondary N) is 1. The first-order valence-electron chi connectivity index (χ1n) is 9.02. The first kappa shape index (κ1) is 17.6. The highest BCUT2D eigenvalue weighted by Gasteiger charge is 2.21. The Labute approximate surface area is 150 Å². The third kappa shape index (κ3) is 4.67. The lowest BCUT2D eigenvalue weighted by Crippen LogP contribution is -2.51. The minimum Gasteiger partial charge on any atom is -0.493 e. The molecule has 0 bridgehead atoms. The number of benzene rings is 2. The lowest BCUT2D eigenvalue weighted by molar-refractivity contribution is 0.230. The molecule has 0 saturated carbocycles. The molecule has 4 nitrogen and oxygen atoms in total. The van der Waals surface area contributed by atoms with Gasteiger partial charge in [0.05, 0.1) is 13.2 Å². The summed E-state index contributed by atoms with van der Waals surface area (Å²) in [5.74, 6) is 1.60. The molecule has 0 amide bonds. The number of hydrogen-bond donors (Lipinski definition) is 1. The normalized spacial score (nSPS) is 17.6. The fourth-order valence-corrected chi connectivity index (χ4v) is 3.30. The Kier molecular flexibility index (Phi) is 5.82. The van der Waals surface area contributed by atoms with Crippen molar-refractivity contribution in [3.05, 3.63) is 54.1 Å². The molecule has 3 rings (SSSR count). The lowest BCUT2D eigenvalue weighted by atomic mass is 10.0. The van der Waals surface area contributed by atoms with Gasteiger partial charge in [-0.3, -0.25) is 0 Å². The summed E-state index contributed by atoms with van der Waals surface area (Å²) < 4.78 is 11.4. The molecule has 134 valence electrons. The van der Waals surface area contributed by atoms with Crippen LogP contribution in [0.2, 0.25) is 0 Å². The zero-order valence-electron chi connectivity index (χ0n) is 15.4. The topological polar surface area (TPSA) is 33.7 Å². The van der Waals surface area contributed by atoms with Crippen LogP contribution in [0.25, 0.3) is 0 Å². The Bertz CT molecular complexity index is 673. The molecule has 0 aromatic heterocycles. The van der Waals surface area contributed by atoms with E-state index >= 15 is 0 Å². The van der Waals surface area contributed by atoms with Gasteiger partial charge < -0.3 is 19.7 Å². The first-order valence-corrected chi connectivity index (χ1v) is 9.02. The molecule has 0 aliphatic carbocycles. The number of methoxy groups -OCH3 is 1. The summed E-state index contributed by atoms with van der Waals surface area (Å²) in [6.45, 7) is 7.05. The van der Waals surface area contributed by atoms with Crippen molar-refractivity contribution < 1.29 is 9.47 Å². The van der Waals surface area contributed by atoms with E-state index in [2.05, 4.69) is 52.7 Å². The zero-order valence-corrected chi connectivity index (χ0v) is 15.4. The molecule has 0 radical (unpaired) electrons. The zero-order chi connectivity index (χ0) is 17.6. The Hall–Kier alpha value is -2.20. The predicted molar refractivity (Wildman–Crippen MR) is 103 cm³/mol. The molecule has 1 saturated heterocycles. The monoisotopic (exact) mass is 340 g/mol. The van der Waals surface area contributed by atoms with Crippen LogP contribution in [0, 0.1) is 0 Å². The van der Waals surface area contributed by atoms with Crippen molar-refractivity contribution in [1.29, 1.82) is 0 Å². The molecule has 4 heteroatoms. The molecule has 1 N–H and O–H groups in total. The van der Waals surface area contributed by atoms with Crippen LogP contribution < -0.4 is 19.7 Å². The molecule has 0 spiro atoms. The second-order valence-corrected chi connectivity index (χ2v) is 6.79. The summed E-state index contributed by atoms with van der Waals surface area (Å²) in [4.78, 5) is 2.43. The summed E-state index contributed by atoms with van der Waals surface area (Å²) in [5.41, 5.74) is 2.57. The maximum Gasteiger partial charge on any atom is 0.163 e. The van der Waals surface area contributed by atoms with E-state index in [1.807, 2.05) is 19.9 Å². The van der Waals surface area contributed by atoms with Crippen LogP contribution in [0.3, 0.4) is 0 Å². The molecular weight excluding hydrogens is 312 g/mol. The van der Waals surface area contributed by atoms with Crippen molar-refractivity contribution in [2.45, 2.75) is 32.4 Å². The number of anilines is 1. The maximum absolute atomic E-state index is 5.92. The van der Waals surface area contributed by atoms with E-state index in [0.29, 0.717) is 6.04 Å². The second kappa shape index (κ2) is 8.26. The Morgan fingerprint density at radius 1 is 1.12 bits per heavy atom. The Morgan fingerprint density at radius 3 is 2.64 bits per heavy atom. The van der Waals surface area contributed by atoms with Crippen LogP contribution in [-0.4, -0.2) is 38.9 Å². The highest BCUT2D eigenvalue weighted by molar-refractivity contribution is 5.57. The summed E-state index contributed by atoms with van der Waals surface area (Å²) in [7, 11) is 1.68. The molecule has 0 unspecified atom stereocenters. The minimum atomic E-state index is 0.123. The fourth-order valence-electron chi connectivity index (χ4n) is 3.30. The van der Waals surface area contributed by atoms with Gasteiger partial charge in [0.25, 0.3) is 0 Å². The van der Waals surface area contributed by atoms with Crippen molar-refractivity contribution in [2.75, 3.05) is 31.6 Å². The van der Waals surface area contributed by atoms with Crippen molar-refractivity contribution in [3.63, 3.8) is 0 Å². The van der Waals surface area contributed by atoms with Crippen LogP contribution >= 0.6 is 0 Å². The van der Waals surface area contributed by atoms with Gasteiger partial charge in [0.1, 0.15) is 0 Å². The average molecular weight is 340 g/mol. The number of piperazine rings is 1. The Balaban J connectivity index is 1.72. The van der Waals surface area contributed by atoms with Crippen LogP contribution in [0.15, 0.2) is 48.5 Å². The third-order valence-electron chi connectivity index (χ3n) is 4.46. The SMILES string of the molecule is COc1ccc(N2CCN[C@@H](Cc3ccccc3)C2)cc1OC(C)C.